The van der Waals surface area contributed by atoms with Crippen LogP contribution in [0.4, 0.5) is 4.39 Å². The summed E-state index contributed by atoms with van der Waals surface area (Å²) in [6.07, 6.45) is 1.97. The van der Waals surface area contributed by atoms with Crippen molar-refractivity contribution in [2.45, 2.75) is 36.7 Å². The highest BCUT2D eigenvalue weighted by atomic mass is 35.5. The standard InChI is InChI=1S/C19H20ClFN2O3S/c20-15-6-10-17(11-7-15)27(25,26)23(13-14-4-8-16(21)9-5-14)18-3-1-2-12-22-19(18)24/h4-11,18H,1-3,12-13H2,(H,22,24)/t18-/m1/s1. The van der Waals surface area contributed by atoms with Crippen LogP contribution < -0.4 is 5.32 Å². The molecule has 1 fully saturated rings. The summed E-state index contributed by atoms with van der Waals surface area (Å²) in [5.41, 5.74) is 0.603. The smallest absolute Gasteiger partial charge is 0.244 e. The van der Waals surface area contributed by atoms with Crippen LogP contribution in [-0.4, -0.2) is 31.2 Å². The third-order valence-electron chi connectivity index (χ3n) is 4.53. The molecule has 2 aromatic carbocycles. The maximum Gasteiger partial charge on any atom is 0.244 e. The minimum Gasteiger partial charge on any atom is -0.355 e. The molecule has 1 saturated heterocycles. The SMILES string of the molecule is O=C1NCCCC[C@H]1N(Cc1ccc(F)cc1)S(=O)(=O)c1ccc(Cl)cc1. The number of carbonyl (C=O) groups excluding carboxylic acids is 1. The molecule has 5 nitrogen and oxygen atoms in total. The van der Waals surface area contributed by atoms with E-state index in [0.29, 0.717) is 23.6 Å². The number of amides is 1. The van der Waals surface area contributed by atoms with Crippen molar-refractivity contribution in [1.29, 1.82) is 0 Å². The summed E-state index contributed by atoms with van der Waals surface area (Å²) in [7, 11) is -3.95. The van der Waals surface area contributed by atoms with Crippen LogP contribution in [0.5, 0.6) is 0 Å². The van der Waals surface area contributed by atoms with Crippen molar-refractivity contribution in [3.05, 3.63) is 64.9 Å². The van der Waals surface area contributed by atoms with Crippen molar-refractivity contribution < 1.29 is 17.6 Å². The van der Waals surface area contributed by atoms with Gasteiger partial charge in [-0.25, -0.2) is 12.8 Å². The first-order chi connectivity index (χ1) is 12.9. The van der Waals surface area contributed by atoms with Gasteiger partial charge < -0.3 is 5.32 Å². The number of rotatable bonds is 5. The minimum atomic E-state index is -3.95. The number of carbonyl (C=O) groups is 1. The van der Waals surface area contributed by atoms with Gasteiger partial charge in [-0.3, -0.25) is 4.79 Å². The average molecular weight is 411 g/mol. The Balaban J connectivity index is 2.01. The molecule has 0 saturated carbocycles. The van der Waals surface area contributed by atoms with Crippen LogP contribution in [0.2, 0.25) is 5.02 Å². The van der Waals surface area contributed by atoms with Crippen molar-refractivity contribution in [1.82, 2.24) is 9.62 Å². The van der Waals surface area contributed by atoms with Crippen molar-refractivity contribution >= 4 is 27.5 Å². The van der Waals surface area contributed by atoms with Crippen LogP contribution in [0, 0.1) is 5.82 Å². The van der Waals surface area contributed by atoms with Gasteiger partial charge in [0.25, 0.3) is 0 Å². The Morgan fingerprint density at radius 1 is 1.07 bits per heavy atom. The van der Waals surface area contributed by atoms with E-state index in [1.165, 1.54) is 52.8 Å². The van der Waals surface area contributed by atoms with Crippen LogP contribution in [0.1, 0.15) is 24.8 Å². The van der Waals surface area contributed by atoms with E-state index in [-0.39, 0.29) is 17.3 Å². The molecule has 0 spiro atoms. The topological polar surface area (TPSA) is 66.5 Å². The third-order valence-corrected chi connectivity index (χ3v) is 6.65. The third kappa shape index (κ3) is 4.66. The molecular formula is C19H20ClFN2O3S. The van der Waals surface area contributed by atoms with E-state index in [9.17, 15) is 17.6 Å². The Labute approximate surface area is 163 Å². The van der Waals surface area contributed by atoms with E-state index < -0.39 is 21.9 Å². The first-order valence-electron chi connectivity index (χ1n) is 8.67. The van der Waals surface area contributed by atoms with E-state index in [1.54, 1.807) is 0 Å². The van der Waals surface area contributed by atoms with Gasteiger partial charge >= 0.3 is 0 Å². The lowest BCUT2D eigenvalue weighted by Crippen LogP contribution is -2.48. The fourth-order valence-electron chi connectivity index (χ4n) is 3.07. The number of nitrogens with one attached hydrogen (secondary N) is 1. The van der Waals surface area contributed by atoms with Crippen molar-refractivity contribution in [3.63, 3.8) is 0 Å². The molecule has 0 aromatic heterocycles. The number of benzene rings is 2. The molecule has 0 bridgehead atoms. The molecule has 8 heteroatoms. The Morgan fingerprint density at radius 2 is 1.74 bits per heavy atom. The predicted octanol–water partition coefficient (Wildman–Crippen LogP) is 3.34. The molecular weight excluding hydrogens is 391 g/mol. The highest BCUT2D eigenvalue weighted by Crippen LogP contribution is 2.26. The Morgan fingerprint density at radius 3 is 2.41 bits per heavy atom. The predicted molar refractivity (Wildman–Crippen MR) is 101 cm³/mol. The lowest BCUT2D eigenvalue weighted by atomic mass is 10.1. The van der Waals surface area contributed by atoms with Gasteiger partial charge in [0, 0.05) is 18.1 Å². The van der Waals surface area contributed by atoms with Gasteiger partial charge in [0.15, 0.2) is 0 Å². The van der Waals surface area contributed by atoms with Gasteiger partial charge in [0.2, 0.25) is 15.9 Å². The normalized spacial score (nSPS) is 18.2. The van der Waals surface area contributed by atoms with Gasteiger partial charge in [0.05, 0.1) is 4.90 Å². The quantitative estimate of drug-likeness (QED) is 0.822. The van der Waals surface area contributed by atoms with Crippen LogP contribution in [0.15, 0.2) is 53.4 Å². The summed E-state index contributed by atoms with van der Waals surface area (Å²) >= 11 is 5.87. The van der Waals surface area contributed by atoms with E-state index in [2.05, 4.69) is 5.32 Å². The van der Waals surface area contributed by atoms with Crippen molar-refractivity contribution in [3.8, 4) is 0 Å². The zero-order valence-electron chi connectivity index (χ0n) is 14.6. The fraction of sp³-hybridized carbons (Fsp3) is 0.316. The minimum absolute atomic E-state index is 0.0245. The van der Waals surface area contributed by atoms with Crippen LogP contribution in [-0.2, 0) is 21.4 Å². The number of halogens is 2. The van der Waals surface area contributed by atoms with Crippen molar-refractivity contribution in [2.75, 3.05) is 6.54 Å². The maximum absolute atomic E-state index is 13.3. The second-order valence-electron chi connectivity index (χ2n) is 6.43. The van der Waals surface area contributed by atoms with Gasteiger partial charge in [0.1, 0.15) is 11.9 Å². The van der Waals surface area contributed by atoms with Gasteiger partial charge in [-0.05, 0) is 61.2 Å². The summed E-state index contributed by atoms with van der Waals surface area (Å²) in [6, 6.07) is 10.6. The van der Waals surface area contributed by atoms with E-state index in [4.69, 9.17) is 11.6 Å². The Kier molecular flexibility index (Phi) is 6.14. The van der Waals surface area contributed by atoms with Gasteiger partial charge in [-0.1, -0.05) is 23.7 Å². The van der Waals surface area contributed by atoms with Crippen molar-refractivity contribution in [2.24, 2.45) is 0 Å². The first-order valence-corrected chi connectivity index (χ1v) is 10.5. The van der Waals surface area contributed by atoms with Crippen LogP contribution in [0.3, 0.4) is 0 Å². The molecule has 1 amide bonds. The Bertz CT molecular complexity index is 902. The number of hydrogen-bond acceptors (Lipinski definition) is 3. The molecule has 0 aliphatic carbocycles. The molecule has 0 radical (unpaired) electrons. The zero-order chi connectivity index (χ0) is 19.4. The number of sulfonamides is 1. The lowest BCUT2D eigenvalue weighted by Gasteiger charge is -2.29. The largest absolute Gasteiger partial charge is 0.355 e. The van der Waals surface area contributed by atoms with Gasteiger partial charge in [-0.2, -0.15) is 4.31 Å². The molecule has 2 aromatic rings. The molecule has 1 aliphatic heterocycles. The number of nitrogens with zero attached hydrogens (tertiary/aromatic N) is 1. The average Bonchev–Trinajstić information content (AvgIpc) is 2.86. The molecule has 3 rings (SSSR count). The molecule has 1 aliphatic rings. The summed E-state index contributed by atoms with van der Waals surface area (Å²) in [4.78, 5) is 12.6. The molecule has 0 unspecified atom stereocenters. The highest BCUT2D eigenvalue weighted by molar-refractivity contribution is 7.89. The van der Waals surface area contributed by atoms with E-state index in [1.807, 2.05) is 0 Å². The molecule has 144 valence electrons. The first kappa shape index (κ1) is 19.8. The Hall–Kier alpha value is -1.96. The summed E-state index contributed by atoms with van der Waals surface area (Å²) < 4.78 is 41.0. The maximum atomic E-state index is 13.3. The molecule has 1 atom stereocenters. The van der Waals surface area contributed by atoms with E-state index >= 15 is 0 Å². The second kappa shape index (κ2) is 8.37. The highest BCUT2D eigenvalue weighted by Gasteiger charge is 2.36. The van der Waals surface area contributed by atoms with Crippen LogP contribution >= 0.6 is 11.6 Å². The number of hydrogen-bond donors (Lipinski definition) is 1. The molecule has 1 N–H and O–H groups in total. The zero-order valence-corrected chi connectivity index (χ0v) is 16.1. The lowest BCUT2D eigenvalue weighted by molar-refractivity contribution is -0.124. The van der Waals surface area contributed by atoms with Crippen LogP contribution in [0.25, 0.3) is 0 Å². The second-order valence-corrected chi connectivity index (χ2v) is 8.76. The molecule has 27 heavy (non-hydrogen) atoms. The molecule has 1 heterocycles. The summed E-state index contributed by atoms with van der Waals surface area (Å²) in [5.74, 6) is -0.717. The summed E-state index contributed by atoms with van der Waals surface area (Å²) in [5, 5.41) is 3.20. The fourth-order valence-corrected chi connectivity index (χ4v) is 4.80. The monoisotopic (exact) mass is 410 g/mol. The van der Waals surface area contributed by atoms with Gasteiger partial charge in [-0.15, -0.1) is 0 Å². The van der Waals surface area contributed by atoms with E-state index in [0.717, 1.165) is 12.8 Å². The summed E-state index contributed by atoms with van der Waals surface area (Å²) in [6.45, 7) is 0.504.